The minimum Gasteiger partial charge on any atom is -0.497 e. The molecule has 1 fully saturated rings. The van der Waals surface area contributed by atoms with E-state index in [1.807, 2.05) is 45.0 Å². The van der Waals surface area contributed by atoms with Gasteiger partial charge in [-0.05, 0) is 87.4 Å². The van der Waals surface area contributed by atoms with Gasteiger partial charge in [0, 0.05) is 49.3 Å². The lowest BCUT2D eigenvalue weighted by Crippen LogP contribution is -2.36. The van der Waals surface area contributed by atoms with Crippen LogP contribution in [0.15, 0.2) is 96.1 Å². The van der Waals surface area contributed by atoms with Gasteiger partial charge in [0.15, 0.2) is 23.0 Å². The molecular weight excluding hydrogens is 726 g/mol. The molecule has 1 saturated heterocycles. The van der Waals surface area contributed by atoms with Crippen molar-refractivity contribution in [3.05, 3.63) is 124 Å². The molecule has 1 atom stereocenters. The zero-order valence-corrected chi connectivity index (χ0v) is 31.0. The Morgan fingerprint density at radius 1 is 0.946 bits per heavy atom. The van der Waals surface area contributed by atoms with Gasteiger partial charge in [-0.2, -0.15) is 14.9 Å². The lowest BCUT2D eigenvalue weighted by atomic mass is 10.2. The molecule has 6 aromatic rings. The molecule has 14 nitrogen and oxygen atoms in total. The lowest BCUT2D eigenvalue weighted by Gasteiger charge is -2.24. The molecule has 7 rings (SSSR count). The number of halogens is 2. The third-order valence-corrected chi connectivity index (χ3v) is 8.84. The Morgan fingerprint density at radius 2 is 1.71 bits per heavy atom. The van der Waals surface area contributed by atoms with Gasteiger partial charge in [0.2, 0.25) is 0 Å². The van der Waals surface area contributed by atoms with E-state index in [1.165, 1.54) is 54.9 Å². The van der Waals surface area contributed by atoms with Crippen molar-refractivity contribution in [2.75, 3.05) is 30.8 Å². The Labute approximate surface area is 319 Å². The van der Waals surface area contributed by atoms with Crippen molar-refractivity contribution in [3.8, 4) is 22.9 Å². The van der Waals surface area contributed by atoms with Crippen molar-refractivity contribution < 1.29 is 32.6 Å². The number of hydrogen-bond donors (Lipinski definition) is 2. The van der Waals surface area contributed by atoms with Crippen LogP contribution >= 0.6 is 0 Å². The van der Waals surface area contributed by atoms with Crippen molar-refractivity contribution in [1.82, 2.24) is 29.4 Å². The van der Waals surface area contributed by atoms with Crippen LogP contribution in [-0.4, -0.2) is 73.3 Å². The van der Waals surface area contributed by atoms with Crippen LogP contribution < -0.4 is 25.7 Å². The van der Waals surface area contributed by atoms with Gasteiger partial charge < -0.3 is 29.7 Å². The number of likely N-dealkylation sites (tertiary alicyclic amines) is 1. The quantitative estimate of drug-likeness (QED) is 0.153. The van der Waals surface area contributed by atoms with E-state index in [0.717, 1.165) is 16.3 Å². The Hall–Kier alpha value is -6.84. The molecule has 1 aliphatic rings. The second-order valence-electron chi connectivity index (χ2n) is 14.1. The summed E-state index contributed by atoms with van der Waals surface area (Å²) in [5.74, 6) is -0.836. The van der Waals surface area contributed by atoms with E-state index in [4.69, 9.17) is 19.3 Å². The van der Waals surface area contributed by atoms with Crippen LogP contribution in [0, 0.1) is 11.6 Å². The fourth-order valence-corrected chi connectivity index (χ4v) is 6.16. The Bertz CT molecular complexity index is 2460. The highest BCUT2D eigenvalue weighted by Crippen LogP contribution is 2.36. The number of carbonyl (C=O) groups is 2. The molecule has 0 spiro atoms. The normalized spacial score (nSPS) is 14.1. The monoisotopic (exact) mass is 764 g/mol. The molecule has 288 valence electrons. The number of benzene rings is 3. The minimum absolute atomic E-state index is 0.0645. The molecule has 2 N–H and O–H groups in total. The SMILES string of the molecule is COc1ccc(Cn2nc(NC3CCN(C(=O)OC(C)(C)C)C3)c3c(Oc4ccc(NC(=O)c5ccnn(-c6ccc(F)cc6)c5=O)cc4F)ccnc32)cc1. The number of nitrogens with one attached hydrogen (secondary N) is 2. The predicted molar refractivity (Wildman–Crippen MR) is 204 cm³/mol. The van der Waals surface area contributed by atoms with Crippen molar-refractivity contribution in [2.45, 2.75) is 45.4 Å². The van der Waals surface area contributed by atoms with Gasteiger partial charge in [-0.3, -0.25) is 9.59 Å². The summed E-state index contributed by atoms with van der Waals surface area (Å²) in [7, 11) is 1.59. The van der Waals surface area contributed by atoms with Gasteiger partial charge in [0.25, 0.3) is 11.5 Å². The summed E-state index contributed by atoms with van der Waals surface area (Å²) in [6.07, 6.45) is 3.02. The van der Waals surface area contributed by atoms with E-state index in [1.54, 1.807) is 22.8 Å². The van der Waals surface area contributed by atoms with Gasteiger partial charge in [-0.1, -0.05) is 12.1 Å². The summed E-state index contributed by atoms with van der Waals surface area (Å²) >= 11 is 0. The standard InChI is InChI=1S/C40H38F2N8O6/c1-40(2,3)56-39(53)48-20-17-27(23-48)45-35-34-33(16-18-43-36(34)49(47-35)22-24-5-12-29(54-4)13-6-24)55-32-14-9-26(21-31(32)42)46-37(51)30-15-19-44-50(38(30)52)28-10-7-25(41)8-11-28/h5-16,18-19,21,27H,17,20,22-23H2,1-4H3,(H,45,47)(H,46,51). The van der Waals surface area contributed by atoms with Crippen LogP contribution in [0.3, 0.4) is 0 Å². The van der Waals surface area contributed by atoms with Gasteiger partial charge in [0.1, 0.15) is 33.9 Å². The Morgan fingerprint density at radius 3 is 2.43 bits per heavy atom. The Balaban J connectivity index is 1.14. The number of anilines is 2. The zero-order valence-electron chi connectivity index (χ0n) is 31.0. The number of nitrogens with zero attached hydrogens (tertiary/aromatic N) is 6. The van der Waals surface area contributed by atoms with Crippen LogP contribution in [-0.2, 0) is 11.3 Å². The Kier molecular flexibility index (Phi) is 10.4. The highest BCUT2D eigenvalue weighted by molar-refractivity contribution is 6.04. The molecule has 2 amide bonds. The fourth-order valence-electron chi connectivity index (χ4n) is 6.16. The molecule has 4 heterocycles. The first kappa shape index (κ1) is 37.5. The summed E-state index contributed by atoms with van der Waals surface area (Å²) in [6, 6.07) is 19.1. The van der Waals surface area contributed by atoms with E-state index >= 15 is 4.39 Å². The molecule has 0 bridgehead atoms. The average molecular weight is 765 g/mol. The number of amides is 2. The molecule has 0 radical (unpaired) electrons. The zero-order chi connectivity index (χ0) is 39.6. The summed E-state index contributed by atoms with van der Waals surface area (Å²) in [5.41, 5.74) is 0.0886. The van der Waals surface area contributed by atoms with Gasteiger partial charge >= 0.3 is 6.09 Å². The molecule has 1 unspecified atom stereocenters. The molecule has 3 aromatic carbocycles. The number of rotatable bonds is 10. The highest BCUT2D eigenvalue weighted by Gasteiger charge is 2.31. The van der Waals surface area contributed by atoms with Crippen LogP contribution in [0.25, 0.3) is 16.7 Å². The van der Waals surface area contributed by atoms with Crippen molar-refractivity contribution >= 4 is 34.5 Å². The van der Waals surface area contributed by atoms with Gasteiger partial charge in [0.05, 0.1) is 19.3 Å². The van der Waals surface area contributed by atoms with Crippen molar-refractivity contribution in [2.24, 2.45) is 0 Å². The summed E-state index contributed by atoms with van der Waals surface area (Å²) in [6.45, 7) is 6.66. The van der Waals surface area contributed by atoms with Gasteiger partial charge in [-0.25, -0.2) is 23.2 Å². The van der Waals surface area contributed by atoms with E-state index < -0.39 is 34.8 Å². The van der Waals surface area contributed by atoms with E-state index in [0.29, 0.717) is 48.7 Å². The summed E-state index contributed by atoms with van der Waals surface area (Å²) in [5, 5.41) is 15.3. The van der Waals surface area contributed by atoms with E-state index in [2.05, 4.69) is 20.7 Å². The minimum atomic E-state index is -0.797. The van der Waals surface area contributed by atoms with Crippen LogP contribution in [0.4, 0.5) is 25.1 Å². The maximum Gasteiger partial charge on any atom is 0.410 e. The molecule has 1 aliphatic heterocycles. The molecule has 0 aliphatic carbocycles. The predicted octanol–water partition coefficient (Wildman–Crippen LogP) is 6.78. The van der Waals surface area contributed by atoms with Crippen LogP contribution in [0.1, 0.15) is 43.1 Å². The first-order chi connectivity index (χ1) is 26.8. The third-order valence-electron chi connectivity index (χ3n) is 8.84. The van der Waals surface area contributed by atoms with E-state index in [-0.39, 0.29) is 34.5 Å². The second kappa shape index (κ2) is 15.5. The summed E-state index contributed by atoms with van der Waals surface area (Å²) in [4.78, 5) is 45.3. The van der Waals surface area contributed by atoms with Crippen LogP contribution in [0.5, 0.6) is 17.2 Å². The number of ether oxygens (including phenoxy) is 3. The van der Waals surface area contributed by atoms with Crippen molar-refractivity contribution in [3.63, 3.8) is 0 Å². The number of hydrogen-bond acceptors (Lipinski definition) is 10. The fraction of sp³-hybridized carbons (Fsp3) is 0.250. The molecule has 16 heteroatoms. The third kappa shape index (κ3) is 8.28. The van der Waals surface area contributed by atoms with Crippen LogP contribution in [0.2, 0.25) is 0 Å². The topological polar surface area (TPSA) is 155 Å². The number of methoxy groups -OCH3 is 1. The highest BCUT2D eigenvalue weighted by atomic mass is 19.1. The average Bonchev–Trinajstić information content (AvgIpc) is 3.78. The van der Waals surface area contributed by atoms with E-state index in [9.17, 15) is 18.8 Å². The maximum absolute atomic E-state index is 15.7. The first-order valence-corrected chi connectivity index (χ1v) is 17.7. The second-order valence-corrected chi connectivity index (χ2v) is 14.1. The number of pyridine rings is 1. The largest absolute Gasteiger partial charge is 0.497 e. The molecular formula is C40H38F2N8O6. The van der Waals surface area contributed by atoms with Gasteiger partial charge in [-0.15, -0.1) is 0 Å². The molecule has 0 saturated carbocycles. The number of aromatic nitrogens is 5. The molecule has 56 heavy (non-hydrogen) atoms. The maximum atomic E-state index is 15.7. The van der Waals surface area contributed by atoms with Crippen molar-refractivity contribution in [1.29, 1.82) is 0 Å². The first-order valence-electron chi connectivity index (χ1n) is 17.7. The number of carbonyl (C=O) groups excluding carboxylic acids is 2. The number of fused-ring (bicyclic) bond motifs is 1. The molecule has 3 aromatic heterocycles. The lowest BCUT2D eigenvalue weighted by molar-refractivity contribution is 0.0293. The summed E-state index contributed by atoms with van der Waals surface area (Å²) < 4.78 is 48.8. The smallest absolute Gasteiger partial charge is 0.410 e.